The monoisotopic (exact) mass is 359 g/mol. The lowest BCUT2D eigenvalue weighted by Gasteiger charge is -2.12. The van der Waals surface area contributed by atoms with E-state index in [-0.39, 0.29) is 11.8 Å². The van der Waals surface area contributed by atoms with Crippen molar-refractivity contribution in [2.75, 3.05) is 25.0 Å². The van der Waals surface area contributed by atoms with E-state index >= 15 is 0 Å². The molecule has 3 N–H and O–H groups in total. The van der Waals surface area contributed by atoms with Gasteiger partial charge in [0.05, 0.1) is 11.3 Å². The summed E-state index contributed by atoms with van der Waals surface area (Å²) in [5.74, 6) is -0.508. The Morgan fingerprint density at radius 3 is 2.36 bits per heavy atom. The van der Waals surface area contributed by atoms with Gasteiger partial charge in [-0.1, -0.05) is 30.7 Å². The molecule has 0 aliphatic carbocycles. The molecule has 0 aromatic heterocycles. The Morgan fingerprint density at radius 1 is 0.920 bits per heavy atom. The zero-order chi connectivity index (χ0) is 18.1. The van der Waals surface area contributed by atoms with E-state index in [1.165, 1.54) is 0 Å². The quantitative estimate of drug-likeness (QED) is 0.633. The Balaban J connectivity index is 2.00. The number of nitrogens with one attached hydrogen (secondary N) is 3. The van der Waals surface area contributed by atoms with Gasteiger partial charge in [-0.2, -0.15) is 0 Å². The molecule has 0 spiro atoms. The molecule has 0 aliphatic heterocycles. The van der Waals surface area contributed by atoms with Crippen molar-refractivity contribution < 1.29 is 9.59 Å². The number of carbonyl (C=O) groups excluding carboxylic acids is 2. The van der Waals surface area contributed by atoms with Crippen LogP contribution in [-0.4, -0.2) is 31.4 Å². The summed E-state index contributed by atoms with van der Waals surface area (Å²) in [6, 6.07) is 13.5. The van der Waals surface area contributed by atoms with E-state index in [1.807, 2.05) is 0 Å². The Morgan fingerprint density at radius 2 is 1.64 bits per heavy atom. The highest BCUT2D eigenvalue weighted by Crippen LogP contribution is 2.17. The van der Waals surface area contributed by atoms with Crippen LogP contribution < -0.4 is 16.0 Å². The molecule has 0 atom stereocenters. The summed E-state index contributed by atoms with van der Waals surface area (Å²) >= 11 is 5.83. The van der Waals surface area contributed by atoms with Gasteiger partial charge in [0, 0.05) is 23.7 Å². The molecule has 0 bridgehead atoms. The van der Waals surface area contributed by atoms with Crippen molar-refractivity contribution >= 4 is 29.1 Å². The molecular formula is C19H22ClN3O2. The predicted octanol–water partition coefficient (Wildman–Crippen LogP) is 3.32. The van der Waals surface area contributed by atoms with Gasteiger partial charge in [-0.25, -0.2) is 0 Å². The standard InChI is InChI=1S/C19H22ClN3O2/c1-2-11-21-12-13-22-19(25)16-5-3-4-6-17(16)23-18(24)14-7-9-15(20)10-8-14/h3-10,21H,2,11-13H2,1H3,(H,22,25)(H,23,24). The van der Waals surface area contributed by atoms with E-state index in [1.54, 1.807) is 48.5 Å². The van der Waals surface area contributed by atoms with Gasteiger partial charge < -0.3 is 16.0 Å². The van der Waals surface area contributed by atoms with E-state index in [9.17, 15) is 9.59 Å². The molecule has 0 unspecified atom stereocenters. The smallest absolute Gasteiger partial charge is 0.255 e. The van der Waals surface area contributed by atoms with Gasteiger partial charge in [0.25, 0.3) is 11.8 Å². The molecule has 5 nitrogen and oxygen atoms in total. The molecule has 2 amide bonds. The van der Waals surface area contributed by atoms with Crippen molar-refractivity contribution in [3.8, 4) is 0 Å². The number of para-hydroxylation sites is 1. The third-order valence-corrected chi connectivity index (χ3v) is 3.79. The summed E-state index contributed by atoms with van der Waals surface area (Å²) in [5, 5.41) is 9.41. The molecule has 0 radical (unpaired) electrons. The first-order valence-electron chi connectivity index (χ1n) is 8.26. The van der Waals surface area contributed by atoms with Crippen LogP contribution in [0.2, 0.25) is 5.02 Å². The van der Waals surface area contributed by atoms with E-state index in [0.29, 0.717) is 34.9 Å². The van der Waals surface area contributed by atoms with E-state index in [4.69, 9.17) is 11.6 Å². The lowest BCUT2D eigenvalue weighted by molar-refractivity contribution is 0.0955. The third-order valence-electron chi connectivity index (χ3n) is 3.54. The number of rotatable bonds is 8. The Labute approximate surface area is 152 Å². The van der Waals surface area contributed by atoms with Crippen LogP contribution in [0.5, 0.6) is 0 Å². The largest absolute Gasteiger partial charge is 0.351 e. The third kappa shape index (κ3) is 5.89. The highest BCUT2D eigenvalue weighted by molar-refractivity contribution is 6.30. The summed E-state index contributed by atoms with van der Waals surface area (Å²) in [5.41, 5.74) is 1.38. The number of hydrogen-bond acceptors (Lipinski definition) is 3. The Hall–Kier alpha value is -2.37. The number of hydrogen-bond donors (Lipinski definition) is 3. The second kappa shape index (κ2) is 9.81. The van der Waals surface area contributed by atoms with E-state index < -0.39 is 0 Å². The van der Waals surface area contributed by atoms with Crippen molar-refractivity contribution in [2.24, 2.45) is 0 Å². The second-order valence-corrected chi connectivity index (χ2v) is 5.95. The van der Waals surface area contributed by atoms with Crippen molar-refractivity contribution in [2.45, 2.75) is 13.3 Å². The molecule has 0 aliphatic rings. The van der Waals surface area contributed by atoms with Crippen LogP contribution in [0.3, 0.4) is 0 Å². The summed E-state index contributed by atoms with van der Waals surface area (Å²) < 4.78 is 0. The molecule has 2 aromatic rings. The topological polar surface area (TPSA) is 70.2 Å². The van der Waals surface area contributed by atoms with Gasteiger partial charge in [-0.05, 0) is 49.4 Å². The molecule has 0 saturated heterocycles. The number of anilines is 1. The Kier molecular flexibility index (Phi) is 7.44. The average molecular weight is 360 g/mol. The zero-order valence-corrected chi connectivity index (χ0v) is 14.9. The molecule has 25 heavy (non-hydrogen) atoms. The van der Waals surface area contributed by atoms with Crippen molar-refractivity contribution in [1.82, 2.24) is 10.6 Å². The number of carbonyl (C=O) groups is 2. The summed E-state index contributed by atoms with van der Waals surface area (Å²) in [4.78, 5) is 24.7. The van der Waals surface area contributed by atoms with Crippen LogP contribution in [0, 0.1) is 0 Å². The number of amides is 2. The molecule has 0 saturated carbocycles. The molecule has 132 valence electrons. The highest BCUT2D eigenvalue weighted by atomic mass is 35.5. The molecule has 2 rings (SSSR count). The summed E-state index contributed by atoms with van der Waals surface area (Å²) in [6.45, 7) is 4.24. The SMILES string of the molecule is CCCNCCNC(=O)c1ccccc1NC(=O)c1ccc(Cl)cc1. The molecular weight excluding hydrogens is 338 g/mol. The van der Waals surface area contributed by atoms with Crippen LogP contribution in [0.15, 0.2) is 48.5 Å². The molecule has 2 aromatic carbocycles. The van der Waals surface area contributed by atoms with Crippen LogP contribution in [0.25, 0.3) is 0 Å². The van der Waals surface area contributed by atoms with Gasteiger partial charge in [-0.15, -0.1) is 0 Å². The minimum atomic E-state index is -0.290. The maximum absolute atomic E-state index is 12.4. The van der Waals surface area contributed by atoms with Gasteiger partial charge in [-0.3, -0.25) is 9.59 Å². The summed E-state index contributed by atoms with van der Waals surface area (Å²) in [6.07, 6.45) is 1.05. The van der Waals surface area contributed by atoms with Gasteiger partial charge >= 0.3 is 0 Å². The maximum atomic E-state index is 12.4. The van der Waals surface area contributed by atoms with Crippen LogP contribution >= 0.6 is 11.6 Å². The Bertz CT molecular complexity index is 717. The first-order valence-corrected chi connectivity index (χ1v) is 8.64. The summed E-state index contributed by atoms with van der Waals surface area (Å²) in [7, 11) is 0. The molecule has 6 heteroatoms. The van der Waals surface area contributed by atoms with E-state index in [2.05, 4.69) is 22.9 Å². The number of benzene rings is 2. The van der Waals surface area contributed by atoms with Crippen molar-refractivity contribution in [3.63, 3.8) is 0 Å². The fourth-order valence-electron chi connectivity index (χ4n) is 2.25. The average Bonchev–Trinajstić information content (AvgIpc) is 2.62. The van der Waals surface area contributed by atoms with Crippen molar-refractivity contribution in [3.05, 3.63) is 64.7 Å². The normalized spacial score (nSPS) is 10.3. The second-order valence-electron chi connectivity index (χ2n) is 5.51. The van der Waals surface area contributed by atoms with Gasteiger partial charge in [0.1, 0.15) is 0 Å². The predicted molar refractivity (Wildman–Crippen MR) is 101 cm³/mol. The van der Waals surface area contributed by atoms with Crippen molar-refractivity contribution in [1.29, 1.82) is 0 Å². The number of halogens is 1. The fourth-order valence-corrected chi connectivity index (χ4v) is 2.37. The van der Waals surface area contributed by atoms with Crippen LogP contribution in [0.4, 0.5) is 5.69 Å². The highest BCUT2D eigenvalue weighted by Gasteiger charge is 2.13. The lowest BCUT2D eigenvalue weighted by Crippen LogP contribution is -2.32. The maximum Gasteiger partial charge on any atom is 0.255 e. The molecule has 0 fully saturated rings. The van der Waals surface area contributed by atoms with E-state index in [0.717, 1.165) is 13.0 Å². The molecule has 0 heterocycles. The zero-order valence-electron chi connectivity index (χ0n) is 14.1. The minimum Gasteiger partial charge on any atom is -0.351 e. The lowest BCUT2D eigenvalue weighted by atomic mass is 10.1. The van der Waals surface area contributed by atoms with Crippen LogP contribution in [-0.2, 0) is 0 Å². The first kappa shape index (κ1) is 19.0. The van der Waals surface area contributed by atoms with Crippen LogP contribution in [0.1, 0.15) is 34.1 Å². The minimum absolute atomic E-state index is 0.217. The van der Waals surface area contributed by atoms with Gasteiger partial charge in [0.2, 0.25) is 0 Å². The first-order chi connectivity index (χ1) is 12.1. The van der Waals surface area contributed by atoms with Gasteiger partial charge in [0.15, 0.2) is 0 Å². The fraction of sp³-hybridized carbons (Fsp3) is 0.263.